The maximum Gasteiger partial charge on any atom is 0.244 e. The highest BCUT2D eigenvalue weighted by atomic mass is 79.9. The molecular weight excluding hydrogens is 625 g/mol. The molecule has 0 radical (unpaired) electrons. The van der Waals surface area contributed by atoms with Crippen LogP contribution < -0.4 is 9.62 Å². The van der Waals surface area contributed by atoms with Gasteiger partial charge in [0.1, 0.15) is 12.6 Å². The van der Waals surface area contributed by atoms with Crippen molar-refractivity contribution >= 4 is 66.7 Å². The van der Waals surface area contributed by atoms with E-state index in [0.717, 1.165) is 32.6 Å². The van der Waals surface area contributed by atoms with E-state index >= 15 is 0 Å². The molecule has 0 aliphatic carbocycles. The molecule has 0 heterocycles. The third-order valence-corrected chi connectivity index (χ3v) is 8.37. The molecule has 0 fully saturated rings. The summed E-state index contributed by atoms with van der Waals surface area (Å²) in [6.07, 6.45) is 1.96. The van der Waals surface area contributed by atoms with Crippen molar-refractivity contribution in [2.24, 2.45) is 0 Å². The predicted molar refractivity (Wildman–Crippen MR) is 161 cm³/mol. The molecule has 1 atom stereocenters. The standard InChI is InChI=1S/C28H30BrCl2N3O4S/c1-3-15-32-28(36)25(17-20-9-5-4-6-10-20)33(18-21-11-7-12-22(29)16-21)26(35)19-34(39(2,37)38)24-14-8-13-23(30)27(24)31/h4-14,16,25H,3,15,17-19H2,1-2H3,(H,32,36). The number of halogens is 3. The van der Waals surface area contributed by atoms with E-state index in [2.05, 4.69) is 21.2 Å². The zero-order valence-corrected chi connectivity index (χ0v) is 25.5. The Morgan fingerprint density at radius 3 is 2.28 bits per heavy atom. The highest BCUT2D eigenvalue weighted by Crippen LogP contribution is 2.34. The Morgan fingerprint density at radius 2 is 1.64 bits per heavy atom. The molecule has 0 aromatic heterocycles. The van der Waals surface area contributed by atoms with E-state index in [9.17, 15) is 18.0 Å². The number of amides is 2. The Morgan fingerprint density at radius 1 is 0.974 bits per heavy atom. The number of rotatable bonds is 12. The van der Waals surface area contributed by atoms with Gasteiger partial charge in [-0.25, -0.2) is 8.42 Å². The highest BCUT2D eigenvalue weighted by Gasteiger charge is 2.33. The van der Waals surface area contributed by atoms with Gasteiger partial charge in [-0.05, 0) is 41.8 Å². The summed E-state index contributed by atoms with van der Waals surface area (Å²) >= 11 is 16.0. The maximum absolute atomic E-state index is 14.0. The fourth-order valence-electron chi connectivity index (χ4n) is 4.03. The van der Waals surface area contributed by atoms with Gasteiger partial charge in [-0.1, -0.05) is 94.6 Å². The van der Waals surface area contributed by atoms with Gasteiger partial charge in [0.2, 0.25) is 21.8 Å². The number of hydrogen-bond acceptors (Lipinski definition) is 4. The molecule has 1 N–H and O–H groups in total. The second kappa shape index (κ2) is 14.2. The molecule has 2 amide bonds. The summed E-state index contributed by atoms with van der Waals surface area (Å²) in [6, 6.07) is 20.4. The van der Waals surface area contributed by atoms with Crippen LogP contribution in [0, 0.1) is 0 Å². The Balaban J connectivity index is 2.07. The van der Waals surface area contributed by atoms with Gasteiger partial charge in [-0.3, -0.25) is 13.9 Å². The molecule has 0 spiro atoms. The first-order valence-corrected chi connectivity index (χ1v) is 15.7. The average Bonchev–Trinajstić information content (AvgIpc) is 2.89. The molecule has 0 aliphatic rings. The van der Waals surface area contributed by atoms with Crippen LogP contribution in [0.4, 0.5) is 5.69 Å². The molecule has 3 rings (SSSR count). The van der Waals surface area contributed by atoms with E-state index in [1.54, 1.807) is 6.07 Å². The lowest BCUT2D eigenvalue weighted by atomic mass is 10.0. The summed E-state index contributed by atoms with van der Waals surface area (Å²) in [5, 5.41) is 3.07. The summed E-state index contributed by atoms with van der Waals surface area (Å²) in [5.74, 6) is -0.889. The van der Waals surface area contributed by atoms with E-state index in [1.807, 2.05) is 61.5 Å². The predicted octanol–water partition coefficient (Wildman–Crippen LogP) is 5.69. The monoisotopic (exact) mass is 653 g/mol. The average molecular weight is 655 g/mol. The van der Waals surface area contributed by atoms with E-state index in [0.29, 0.717) is 6.54 Å². The molecule has 208 valence electrons. The van der Waals surface area contributed by atoms with Gasteiger partial charge in [0.25, 0.3) is 0 Å². The van der Waals surface area contributed by atoms with Gasteiger partial charge < -0.3 is 10.2 Å². The molecule has 1 unspecified atom stereocenters. The highest BCUT2D eigenvalue weighted by molar-refractivity contribution is 9.10. The van der Waals surface area contributed by atoms with Gasteiger partial charge in [0.05, 0.1) is 22.0 Å². The van der Waals surface area contributed by atoms with Crippen LogP contribution in [0.15, 0.2) is 77.3 Å². The summed E-state index contributed by atoms with van der Waals surface area (Å²) in [7, 11) is -3.95. The first kappa shape index (κ1) is 30.9. The molecule has 0 bridgehead atoms. The Labute approximate surface area is 248 Å². The lowest BCUT2D eigenvalue weighted by Crippen LogP contribution is -2.53. The summed E-state index contributed by atoms with van der Waals surface area (Å²) < 4.78 is 27.4. The summed E-state index contributed by atoms with van der Waals surface area (Å²) in [4.78, 5) is 28.9. The van der Waals surface area contributed by atoms with Crippen LogP contribution >= 0.6 is 39.1 Å². The molecule has 0 saturated carbocycles. The molecule has 39 heavy (non-hydrogen) atoms. The number of hydrogen-bond donors (Lipinski definition) is 1. The van der Waals surface area contributed by atoms with Crippen LogP contribution in [-0.2, 0) is 32.6 Å². The van der Waals surface area contributed by atoms with E-state index < -0.39 is 28.5 Å². The third kappa shape index (κ3) is 8.70. The second-order valence-corrected chi connectivity index (χ2v) is 12.6. The fraction of sp³-hybridized carbons (Fsp3) is 0.286. The molecule has 3 aromatic carbocycles. The van der Waals surface area contributed by atoms with Crippen LogP contribution in [0.2, 0.25) is 10.0 Å². The smallest absolute Gasteiger partial charge is 0.244 e. The third-order valence-electron chi connectivity index (χ3n) is 5.94. The van der Waals surface area contributed by atoms with Crippen LogP contribution in [0.5, 0.6) is 0 Å². The summed E-state index contributed by atoms with van der Waals surface area (Å²) in [6.45, 7) is 1.89. The Kier molecular flexibility index (Phi) is 11.2. The second-order valence-electron chi connectivity index (χ2n) is 8.99. The van der Waals surface area contributed by atoms with Gasteiger partial charge in [0.15, 0.2) is 0 Å². The van der Waals surface area contributed by atoms with Crippen LogP contribution in [-0.4, -0.2) is 50.5 Å². The minimum atomic E-state index is -3.95. The van der Waals surface area contributed by atoms with Crippen molar-refractivity contribution in [3.05, 3.63) is 98.4 Å². The SMILES string of the molecule is CCCNC(=O)C(Cc1ccccc1)N(Cc1cccc(Br)c1)C(=O)CN(c1cccc(Cl)c1Cl)S(C)(=O)=O. The van der Waals surface area contributed by atoms with Gasteiger partial charge >= 0.3 is 0 Å². The number of carbonyl (C=O) groups is 2. The first-order valence-electron chi connectivity index (χ1n) is 12.3. The quantitative estimate of drug-likeness (QED) is 0.272. The van der Waals surface area contributed by atoms with Crippen LogP contribution in [0.3, 0.4) is 0 Å². The lowest BCUT2D eigenvalue weighted by molar-refractivity contribution is -0.140. The Hall–Kier alpha value is -2.59. The number of anilines is 1. The number of nitrogens with one attached hydrogen (secondary N) is 1. The van der Waals surface area contributed by atoms with Crippen molar-refractivity contribution < 1.29 is 18.0 Å². The molecule has 0 aliphatic heterocycles. The van der Waals surface area contributed by atoms with Crippen LogP contribution in [0.25, 0.3) is 0 Å². The Bertz CT molecular complexity index is 1410. The van der Waals surface area contributed by atoms with Crippen molar-refractivity contribution in [3.8, 4) is 0 Å². The lowest BCUT2D eigenvalue weighted by Gasteiger charge is -2.33. The van der Waals surface area contributed by atoms with E-state index in [4.69, 9.17) is 23.2 Å². The van der Waals surface area contributed by atoms with Gasteiger partial charge in [0, 0.05) is 24.0 Å². The van der Waals surface area contributed by atoms with Crippen LogP contribution in [0.1, 0.15) is 24.5 Å². The zero-order valence-electron chi connectivity index (χ0n) is 21.6. The maximum atomic E-state index is 14.0. The van der Waals surface area contributed by atoms with Gasteiger partial charge in [-0.2, -0.15) is 0 Å². The number of sulfonamides is 1. The normalized spacial score (nSPS) is 12.0. The molecule has 11 heteroatoms. The minimum Gasteiger partial charge on any atom is -0.354 e. The van der Waals surface area contributed by atoms with E-state index in [-0.39, 0.29) is 34.6 Å². The van der Waals surface area contributed by atoms with E-state index in [1.165, 1.54) is 17.0 Å². The number of carbonyl (C=O) groups excluding carboxylic acids is 2. The number of benzene rings is 3. The van der Waals surface area contributed by atoms with Crippen molar-refractivity contribution in [1.29, 1.82) is 0 Å². The molecule has 7 nitrogen and oxygen atoms in total. The number of nitrogens with zero attached hydrogens (tertiary/aromatic N) is 2. The van der Waals surface area contributed by atoms with Crippen molar-refractivity contribution in [3.63, 3.8) is 0 Å². The topological polar surface area (TPSA) is 86.8 Å². The van der Waals surface area contributed by atoms with Gasteiger partial charge in [-0.15, -0.1) is 0 Å². The zero-order chi connectivity index (χ0) is 28.6. The minimum absolute atomic E-state index is 0.0115. The molecular formula is C28H30BrCl2N3O4S. The molecule has 0 saturated heterocycles. The van der Waals surface area contributed by atoms with Crippen molar-refractivity contribution in [2.45, 2.75) is 32.4 Å². The largest absolute Gasteiger partial charge is 0.354 e. The summed E-state index contributed by atoms with van der Waals surface area (Å²) in [5.41, 5.74) is 1.71. The fourth-order valence-corrected chi connectivity index (χ4v) is 5.78. The molecule has 3 aromatic rings. The van der Waals surface area contributed by atoms with Crippen molar-refractivity contribution in [1.82, 2.24) is 10.2 Å². The van der Waals surface area contributed by atoms with Crippen molar-refractivity contribution in [2.75, 3.05) is 23.7 Å². The first-order chi connectivity index (χ1) is 18.5.